The Balaban J connectivity index is 2.40. The van der Waals surface area contributed by atoms with Crippen LogP contribution in [0.2, 0.25) is 0 Å². The first-order valence-electron chi connectivity index (χ1n) is 6.41. The summed E-state index contributed by atoms with van der Waals surface area (Å²) in [6, 6.07) is 2.10. The highest BCUT2D eigenvalue weighted by atomic mass is 16.2. The molecule has 96 valence electrons. The lowest BCUT2D eigenvalue weighted by atomic mass is 9.89. The summed E-state index contributed by atoms with van der Waals surface area (Å²) in [5.74, 6) is 0.683. The molecule has 0 aromatic rings. The number of rotatable bonds is 4. The summed E-state index contributed by atoms with van der Waals surface area (Å²) in [5.41, 5.74) is -0.492. The first-order chi connectivity index (χ1) is 7.98. The number of carbonyl (C=O) groups excluding carboxylic acids is 1. The summed E-state index contributed by atoms with van der Waals surface area (Å²) >= 11 is 0. The monoisotopic (exact) mass is 237 g/mol. The Kier molecular flexibility index (Phi) is 4.95. The van der Waals surface area contributed by atoms with Gasteiger partial charge in [-0.25, -0.2) is 0 Å². The molecule has 0 bridgehead atoms. The van der Waals surface area contributed by atoms with Gasteiger partial charge in [0.2, 0.25) is 5.91 Å². The minimum atomic E-state index is -0.492. The molecule has 17 heavy (non-hydrogen) atoms. The van der Waals surface area contributed by atoms with Crippen LogP contribution in [0.1, 0.15) is 40.0 Å². The normalized spacial score (nSPS) is 25.1. The maximum absolute atomic E-state index is 11.9. The summed E-state index contributed by atoms with van der Waals surface area (Å²) in [6.45, 7) is 7.16. The Morgan fingerprint density at radius 3 is 2.88 bits per heavy atom. The van der Waals surface area contributed by atoms with Crippen LogP contribution in [-0.4, -0.2) is 25.0 Å². The molecule has 1 amide bonds. The van der Waals surface area contributed by atoms with Crippen LogP contribution in [-0.2, 0) is 4.79 Å². The minimum Gasteiger partial charge on any atom is -0.353 e. The number of nitrogens with one attached hydrogen (secondary N) is 2. The maximum Gasteiger partial charge on any atom is 0.237 e. The molecule has 0 radical (unpaired) electrons. The number of piperidine rings is 1. The predicted octanol–water partition coefficient (Wildman–Crippen LogP) is 1.43. The van der Waals surface area contributed by atoms with Gasteiger partial charge in [-0.05, 0) is 39.2 Å². The van der Waals surface area contributed by atoms with Crippen LogP contribution in [0.15, 0.2) is 0 Å². The van der Waals surface area contributed by atoms with E-state index in [4.69, 9.17) is 5.26 Å². The number of hydrogen-bond donors (Lipinski definition) is 2. The third-order valence-corrected chi connectivity index (χ3v) is 3.41. The van der Waals surface area contributed by atoms with E-state index in [1.807, 2.05) is 13.8 Å². The minimum absolute atomic E-state index is 0.0338. The smallest absolute Gasteiger partial charge is 0.237 e. The molecular formula is C13H23N3O. The topological polar surface area (TPSA) is 64.9 Å². The van der Waals surface area contributed by atoms with Gasteiger partial charge in [-0.3, -0.25) is 4.79 Å². The number of hydrogen-bond acceptors (Lipinski definition) is 3. The van der Waals surface area contributed by atoms with E-state index in [1.54, 1.807) is 0 Å². The van der Waals surface area contributed by atoms with Crippen LogP contribution in [0, 0.1) is 22.7 Å². The highest BCUT2D eigenvalue weighted by Gasteiger charge is 2.27. The van der Waals surface area contributed by atoms with Crippen LogP contribution in [0.25, 0.3) is 0 Å². The second kappa shape index (κ2) is 6.02. The van der Waals surface area contributed by atoms with Crippen LogP contribution >= 0.6 is 0 Å². The first kappa shape index (κ1) is 14.0. The van der Waals surface area contributed by atoms with Gasteiger partial charge in [0.1, 0.15) is 0 Å². The zero-order valence-electron chi connectivity index (χ0n) is 11.0. The van der Waals surface area contributed by atoms with Gasteiger partial charge < -0.3 is 10.6 Å². The summed E-state index contributed by atoms with van der Waals surface area (Å²) in [4.78, 5) is 11.9. The molecule has 2 N–H and O–H groups in total. The van der Waals surface area contributed by atoms with Gasteiger partial charge in [0.25, 0.3) is 0 Å². The van der Waals surface area contributed by atoms with Gasteiger partial charge in [-0.2, -0.15) is 5.26 Å². The Morgan fingerprint density at radius 2 is 2.29 bits per heavy atom. The van der Waals surface area contributed by atoms with E-state index < -0.39 is 5.41 Å². The largest absolute Gasteiger partial charge is 0.353 e. The summed E-state index contributed by atoms with van der Waals surface area (Å²) in [6.07, 6.45) is 3.20. The van der Waals surface area contributed by atoms with E-state index in [0.717, 1.165) is 25.8 Å². The van der Waals surface area contributed by atoms with Crippen LogP contribution in [0.3, 0.4) is 0 Å². The quantitative estimate of drug-likeness (QED) is 0.777. The van der Waals surface area contributed by atoms with Gasteiger partial charge >= 0.3 is 0 Å². The van der Waals surface area contributed by atoms with Crippen molar-refractivity contribution in [2.24, 2.45) is 11.3 Å². The van der Waals surface area contributed by atoms with E-state index in [1.165, 1.54) is 0 Å². The second-order valence-corrected chi connectivity index (χ2v) is 5.52. The molecule has 1 fully saturated rings. The van der Waals surface area contributed by atoms with Crippen molar-refractivity contribution < 1.29 is 4.79 Å². The van der Waals surface area contributed by atoms with Crippen molar-refractivity contribution in [1.29, 1.82) is 5.26 Å². The summed E-state index contributed by atoms with van der Waals surface area (Å²) in [5, 5.41) is 15.0. The van der Waals surface area contributed by atoms with Crippen LogP contribution < -0.4 is 10.6 Å². The number of nitrogens with zero attached hydrogens (tertiary/aromatic N) is 1. The maximum atomic E-state index is 11.9. The Morgan fingerprint density at radius 1 is 1.59 bits per heavy atom. The van der Waals surface area contributed by atoms with E-state index in [9.17, 15) is 4.79 Å². The van der Waals surface area contributed by atoms with E-state index >= 15 is 0 Å². The van der Waals surface area contributed by atoms with Crippen molar-refractivity contribution in [3.63, 3.8) is 0 Å². The molecule has 0 spiro atoms. The fraction of sp³-hybridized carbons (Fsp3) is 0.846. The molecule has 1 aliphatic heterocycles. The molecule has 0 aliphatic carbocycles. The summed E-state index contributed by atoms with van der Waals surface area (Å²) < 4.78 is 0. The third kappa shape index (κ3) is 4.35. The van der Waals surface area contributed by atoms with Gasteiger partial charge in [0.15, 0.2) is 0 Å². The van der Waals surface area contributed by atoms with Gasteiger partial charge in [0, 0.05) is 6.54 Å². The van der Waals surface area contributed by atoms with Gasteiger partial charge in [-0.1, -0.05) is 13.3 Å². The van der Waals surface area contributed by atoms with Gasteiger partial charge in [-0.15, -0.1) is 0 Å². The lowest BCUT2D eigenvalue weighted by Gasteiger charge is -2.29. The highest BCUT2D eigenvalue weighted by Crippen LogP contribution is 2.19. The lowest BCUT2D eigenvalue weighted by Crippen LogP contribution is -2.50. The van der Waals surface area contributed by atoms with Crippen LogP contribution in [0.5, 0.6) is 0 Å². The van der Waals surface area contributed by atoms with Crippen molar-refractivity contribution in [3.8, 4) is 6.07 Å². The van der Waals surface area contributed by atoms with Crippen molar-refractivity contribution in [1.82, 2.24) is 10.6 Å². The molecule has 0 aromatic carbocycles. The molecular weight excluding hydrogens is 214 g/mol. The molecule has 1 aliphatic rings. The average Bonchev–Trinajstić information content (AvgIpc) is 2.36. The molecule has 2 unspecified atom stereocenters. The van der Waals surface area contributed by atoms with Crippen molar-refractivity contribution >= 4 is 5.91 Å². The molecule has 4 nitrogen and oxygen atoms in total. The fourth-order valence-corrected chi connectivity index (χ4v) is 2.04. The molecule has 2 atom stereocenters. The van der Waals surface area contributed by atoms with E-state index in [2.05, 4.69) is 23.6 Å². The number of amides is 1. The second-order valence-electron chi connectivity index (χ2n) is 5.52. The van der Waals surface area contributed by atoms with Crippen molar-refractivity contribution in [2.45, 2.75) is 46.1 Å². The van der Waals surface area contributed by atoms with Crippen LogP contribution in [0.4, 0.5) is 0 Å². The fourth-order valence-electron chi connectivity index (χ4n) is 2.04. The zero-order valence-corrected chi connectivity index (χ0v) is 11.0. The Labute approximate surface area is 104 Å². The molecule has 1 heterocycles. The highest BCUT2D eigenvalue weighted by molar-refractivity contribution is 5.81. The third-order valence-electron chi connectivity index (χ3n) is 3.41. The lowest BCUT2D eigenvalue weighted by molar-refractivity contribution is -0.124. The first-order valence-corrected chi connectivity index (χ1v) is 6.41. The number of carbonyl (C=O) groups is 1. The summed E-state index contributed by atoms with van der Waals surface area (Å²) in [7, 11) is 0. The average molecular weight is 237 g/mol. The number of nitriles is 1. The van der Waals surface area contributed by atoms with E-state index in [0.29, 0.717) is 12.5 Å². The SMILES string of the molecule is CCC1CCNC(C(=O)NCC(C)(C)C#N)C1. The molecule has 4 heteroatoms. The van der Waals surface area contributed by atoms with E-state index in [-0.39, 0.29) is 11.9 Å². The zero-order chi connectivity index (χ0) is 12.9. The Bertz CT molecular complexity index is 306. The van der Waals surface area contributed by atoms with Gasteiger partial charge in [0.05, 0.1) is 17.5 Å². The molecule has 1 rings (SSSR count). The predicted molar refractivity (Wildman–Crippen MR) is 67.2 cm³/mol. The molecule has 0 aromatic heterocycles. The molecule has 1 saturated heterocycles. The Hall–Kier alpha value is -1.08. The van der Waals surface area contributed by atoms with Crippen molar-refractivity contribution in [3.05, 3.63) is 0 Å². The standard InChI is InChI=1S/C13H23N3O/c1-4-10-5-6-15-11(7-10)12(17)16-9-13(2,3)8-14/h10-11,15H,4-7,9H2,1-3H3,(H,16,17). The van der Waals surface area contributed by atoms with Crippen molar-refractivity contribution in [2.75, 3.05) is 13.1 Å². The molecule has 0 saturated carbocycles.